The van der Waals surface area contributed by atoms with Crippen LogP contribution in [0.1, 0.15) is 25.1 Å². The van der Waals surface area contributed by atoms with Gasteiger partial charge in [0.2, 0.25) is 0 Å². The molecule has 118 valence electrons. The van der Waals surface area contributed by atoms with Gasteiger partial charge in [-0.15, -0.1) is 12.4 Å². The first-order valence-electron chi connectivity index (χ1n) is 6.93. The molecule has 0 aliphatic carbocycles. The largest absolute Gasteiger partial charge is 0.378 e. The summed E-state index contributed by atoms with van der Waals surface area (Å²) in [5.41, 5.74) is 2.95. The van der Waals surface area contributed by atoms with E-state index in [1.165, 1.54) is 0 Å². The minimum absolute atomic E-state index is 0. The molecule has 0 radical (unpaired) electrons. The van der Waals surface area contributed by atoms with Crippen molar-refractivity contribution in [1.29, 1.82) is 0 Å². The maximum Gasteiger partial charge on any atom is 0.109 e. The fraction of sp³-hybridized carbons (Fsp3) is 0.571. The molecule has 0 unspecified atom stereocenters. The van der Waals surface area contributed by atoms with Crippen LogP contribution in [0.3, 0.4) is 0 Å². The molecule has 21 heavy (non-hydrogen) atoms. The standard InChI is InChI=1S/C14H22FN5.ClH/c1-11(2)8-20-9-13(7-17-20)6-16-14-10-19(5-4-15)18-12(14)3;/h7,9-11,16H,4-6,8H2,1-3H3;1H. The molecule has 0 saturated carbocycles. The number of rotatable bonds is 7. The molecular formula is C14H23ClFN5. The highest BCUT2D eigenvalue weighted by molar-refractivity contribution is 5.85. The Morgan fingerprint density at radius 1 is 1.29 bits per heavy atom. The fourth-order valence-electron chi connectivity index (χ4n) is 2.06. The van der Waals surface area contributed by atoms with E-state index in [0.29, 0.717) is 19.0 Å². The maximum absolute atomic E-state index is 12.3. The number of halogens is 2. The van der Waals surface area contributed by atoms with Gasteiger partial charge in [0.05, 0.1) is 24.1 Å². The van der Waals surface area contributed by atoms with Crippen LogP contribution in [0.25, 0.3) is 0 Å². The quantitative estimate of drug-likeness (QED) is 0.854. The van der Waals surface area contributed by atoms with Crippen LogP contribution in [0.4, 0.5) is 10.1 Å². The van der Waals surface area contributed by atoms with E-state index in [2.05, 4.69) is 29.4 Å². The van der Waals surface area contributed by atoms with Crippen LogP contribution in [0.15, 0.2) is 18.6 Å². The Hall–Kier alpha value is -1.56. The van der Waals surface area contributed by atoms with Gasteiger partial charge in [0, 0.05) is 31.0 Å². The van der Waals surface area contributed by atoms with Crippen LogP contribution in [0, 0.1) is 12.8 Å². The van der Waals surface area contributed by atoms with Gasteiger partial charge >= 0.3 is 0 Å². The van der Waals surface area contributed by atoms with E-state index in [4.69, 9.17) is 0 Å². The SMILES string of the molecule is Cc1nn(CCF)cc1NCc1cnn(CC(C)C)c1.Cl. The number of nitrogens with zero attached hydrogens (tertiary/aromatic N) is 4. The predicted octanol–water partition coefficient (Wildman–Crippen LogP) is 3.05. The van der Waals surface area contributed by atoms with E-state index in [9.17, 15) is 4.39 Å². The van der Waals surface area contributed by atoms with Crippen LogP contribution >= 0.6 is 12.4 Å². The smallest absolute Gasteiger partial charge is 0.109 e. The molecule has 0 aliphatic heterocycles. The molecular weight excluding hydrogens is 293 g/mol. The molecule has 0 fully saturated rings. The molecule has 0 saturated heterocycles. The van der Waals surface area contributed by atoms with Gasteiger partial charge < -0.3 is 5.32 Å². The summed E-state index contributed by atoms with van der Waals surface area (Å²) in [6.07, 6.45) is 5.76. The van der Waals surface area contributed by atoms with Crippen molar-refractivity contribution in [3.8, 4) is 0 Å². The summed E-state index contributed by atoms with van der Waals surface area (Å²) in [5, 5.41) is 11.9. The van der Waals surface area contributed by atoms with Crippen molar-refractivity contribution in [2.45, 2.75) is 40.4 Å². The van der Waals surface area contributed by atoms with Crippen molar-refractivity contribution in [2.75, 3.05) is 12.0 Å². The first kappa shape index (κ1) is 17.5. The third kappa shape index (κ3) is 5.04. The monoisotopic (exact) mass is 315 g/mol. The van der Waals surface area contributed by atoms with Crippen molar-refractivity contribution >= 4 is 18.1 Å². The average Bonchev–Trinajstić information content (AvgIpc) is 2.94. The van der Waals surface area contributed by atoms with Crippen molar-refractivity contribution in [1.82, 2.24) is 19.6 Å². The van der Waals surface area contributed by atoms with Gasteiger partial charge in [-0.2, -0.15) is 10.2 Å². The molecule has 0 atom stereocenters. The second-order valence-corrected chi connectivity index (χ2v) is 5.40. The van der Waals surface area contributed by atoms with Crippen LogP contribution in [-0.4, -0.2) is 26.2 Å². The zero-order chi connectivity index (χ0) is 14.5. The first-order valence-corrected chi connectivity index (χ1v) is 6.93. The molecule has 0 aliphatic rings. The predicted molar refractivity (Wildman–Crippen MR) is 84.6 cm³/mol. The highest BCUT2D eigenvalue weighted by atomic mass is 35.5. The summed E-state index contributed by atoms with van der Waals surface area (Å²) in [7, 11) is 0. The van der Waals surface area contributed by atoms with Crippen LogP contribution in [0.2, 0.25) is 0 Å². The van der Waals surface area contributed by atoms with Crippen LogP contribution in [-0.2, 0) is 19.6 Å². The Kier molecular flexibility index (Phi) is 6.68. The zero-order valence-electron chi connectivity index (χ0n) is 12.7. The minimum Gasteiger partial charge on any atom is -0.378 e. The van der Waals surface area contributed by atoms with Crippen molar-refractivity contribution in [3.63, 3.8) is 0 Å². The Morgan fingerprint density at radius 3 is 2.71 bits per heavy atom. The van der Waals surface area contributed by atoms with Gasteiger partial charge in [-0.05, 0) is 12.8 Å². The lowest BCUT2D eigenvalue weighted by Crippen LogP contribution is -2.04. The molecule has 2 aromatic rings. The van der Waals surface area contributed by atoms with Gasteiger partial charge in [-0.1, -0.05) is 13.8 Å². The van der Waals surface area contributed by atoms with E-state index < -0.39 is 6.67 Å². The molecule has 0 aromatic carbocycles. The molecule has 2 heterocycles. The fourth-order valence-corrected chi connectivity index (χ4v) is 2.06. The summed E-state index contributed by atoms with van der Waals surface area (Å²) >= 11 is 0. The third-order valence-corrected chi connectivity index (χ3v) is 2.98. The van der Waals surface area contributed by atoms with Gasteiger partial charge in [0.15, 0.2) is 0 Å². The highest BCUT2D eigenvalue weighted by Gasteiger charge is 2.06. The zero-order valence-corrected chi connectivity index (χ0v) is 13.5. The molecule has 0 spiro atoms. The van der Waals surface area contributed by atoms with Crippen molar-refractivity contribution < 1.29 is 4.39 Å². The van der Waals surface area contributed by atoms with E-state index >= 15 is 0 Å². The van der Waals surface area contributed by atoms with E-state index in [0.717, 1.165) is 23.5 Å². The molecule has 0 amide bonds. The summed E-state index contributed by atoms with van der Waals surface area (Å²) in [4.78, 5) is 0. The summed E-state index contributed by atoms with van der Waals surface area (Å²) < 4.78 is 15.9. The van der Waals surface area contributed by atoms with E-state index in [-0.39, 0.29) is 12.4 Å². The number of aromatic nitrogens is 4. The second kappa shape index (κ2) is 8.02. The Labute approximate surface area is 130 Å². The highest BCUT2D eigenvalue weighted by Crippen LogP contribution is 2.14. The molecule has 0 bridgehead atoms. The lowest BCUT2D eigenvalue weighted by atomic mass is 10.2. The lowest BCUT2D eigenvalue weighted by Gasteiger charge is -2.04. The first-order chi connectivity index (χ1) is 9.58. The number of hydrogen-bond donors (Lipinski definition) is 1. The Morgan fingerprint density at radius 2 is 2.05 bits per heavy atom. The van der Waals surface area contributed by atoms with Gasteiger partial charge in [-0.25, -0.2) is 4.39 Å². The van der Waals surface area contributed by atoms with E-state index in [1.807, 2.05) is 30.2 Å². The van der Waals surface area contributed by atoms with Gasteiger partial charge in [-0.3, -0.25) is 9.36 Å². The van der Waals surface area contributed by atoms with Gasteiger partial charge in [0.1, 0.15) is 6.67 Å². The summed E-state index contributed by atoms with van der Waals surface area (Å²) in [5.74, 6) is 0.580. The normalized spacial score (nSPS) is 10.7. The Bertz CT molecular complexity index is 549. The number of nitrogens with one attached hydrogen (secondary N) is 1. The molecule has 2 rings (SSSR count). The lowest BCUT2D eigenvalue weighted by molar-refractivity contribution is 0.426. The third-order valence-electron chi connectivity index (χ3n) is 2.98. The topological polar surface area (TPSA) is 47.7 Å². The second-order valence-electron chi connectivity index (χ2n) is 5.40. The Balaban J connectivity index is 0.00000220. The van der Waals surface area contributed by atoms with Crippen LogP contribution in [0.5, 0.6) is 0 Å². The molecule has 1 N–H and O–H groups in total. The molecule has 7 heteroatoms. The number of anilines is 1. The van der Waals surface area contributed by atoms with Crippen molar-refractivity contribution in [2.24, 2.45) is 5.92 Å². The number of aryl methyl sites for hydroxylation is 2. The summed E-state index contributed by atoms with van der Waals surface area (Å²) in [6, 6.07) is 0. The molecule has 2 aromatic heterocycles. The minimum atomic E-state index is -0.400. The van der Waals surface area contributed by atoms with Crippen molar-refractivity contribution in [3.05, 3.63) is 29.8 Å². The van der Waals surface area contributed by atoms with Crippen LogP contribution < -0.4 is 5.32 Å². The van der Waals surface area contributed by atoms with E-state index in [1.54, 1.807) is 4.68 Å². The molecule has 5 nitrogen and oxygen atoms in total. The average molecular weight is 316 g/mol. The number of hydrogen-bond acceptors (Lipinski definition) is 3. The summed E-state index contributed by atoms with van der Waals surface area (Å²) in [6.45, 7) is 7.77. The number of alkyl halides is 1. The van der Waals surface area contributed by atoms with Gasteiger partial charge in [0.25, 0.3) is 0 Å². The maximum atomic E-state index is 12.3.